The fraction of sp³-hybridized carbons (Fsp3) is 0.333. The van der Waals surface area contributed by atoms with Crippen LogP contribution in [0.4, 0.5) is 0 Å². The molecule has 0 fully saturated rings. The van der Waals surface area contributed by atoms with Crippen LogP contribution in [0.25, 0.3) is 0 Å². The highest BCUT2D eigenvalue weighted by Gasteiger charge is 2.44. The van der Waals surface area contributed by atoms with E-state index in [-0.39, 0.29) is 17.0 Å². The Morgan fingerprint density at radius 2 is 1.62 bits per heavy atom. The van der Waals surface area contributed by atoms with E-state index in [0.717, 1.165) is 0 Å². The van der Waals surface area contributed by atoms with Gasteiger partial charge in [0.25, 0.3) is 0 Å². The fourth-order valence-corrected chi connectivity index (χ4v) is 3.04. The third-order valence-corrected chi connectivity index (χ3v) is 5.28. The molecule has 0 spiro atoms. The molecule has 0 amide bonds. The molecule has 0 bridgehead atoms. The minimum atomic E-state index is -0.645. The van der Waals surface area contributed by atoms with E-state index in [2.05, 4.69) is 0 Å². The van der Waals surface area contributed by atoms with E-state index in [1.54, 1.807) is 30.3 Å². The molecule has 0 saturated heterocycles. The van der Waals surface area contributed by atoms with Gasteiger partial charge in [-0.1, -0.05) is 57.2 Å². The number of alkyl halides is 1. The maximum atomic E-state index is 12.7. The minimum absolute atomic E-state index is 0.0705. The largest absolute Gasteiger partial charge is 0.289 e. The Hall–Kier alpha value is -1.67. The molecule has 0 heterocycles. The van der Waals surface area contributed by atoms with Crippen LogP contribution in [0.15, 0.2) is 47.6 Å². The highest BCUT2D eigenvalue weighted by Crippen LogP contribution is 2.47. The maximum Gasteiger partial charge on any atom is 0.194 e. The van der Waals surface area contributed by atoms with Crippen molar-refractivity contribution < 1.29 is 9.59 Å². The monoisotopic (exact) mass is 300 g/mol. The van der Waals surface area contributed by atoms with Gasteiger partial charge in [-0.3, -0.25) is 9.59 Å². The van der Waals surface area contributed by atoms with Crippen LogP contribution in [0, 0.1) is 5.41 Å². The van der Waals surface area contributed by atoms with Crippen molar-refractivity contribution in [1.29, 1.82) is 0 Å². The van der Waals surface area contributed by atoms with Gasteiger partial charge in [0.05, 0.1) is 4.87 Å². The summed E-state index contributed by atoms with van der Waals surface area (Å²) in [6, 6.07) is 6.99. The van der Waals surface area contributed by atoms with Crippen molar-refractivity contribution in [3.05, 3.63) is 58.7 Å². The second-order valence-electron chi connectivity index (χ2n) is 6.72. The van der Waals surface area contributed by atoms with E-state index < -0.39 is 4.87 Å². The average Bonchev–Trinajstić information content (AvgIpc) is 2.43. The molecule has 1 aromatic rings. The fourth-order valence-electron chi connectivity index (χ4n) is 2.84. The lowest BCUT2D eigenvalue weighted by molar-refractivity contribution is 0.0969. The summed E-state index contributed by atoms with van der Waals surface area (Å²) in [5.41, 5.74) is 1.82. The third-order valence-electron chi connectivity index (χ3n) is 4.46. The molecule has 0 saturated carbocycles. The van der Waals surface area contributed by atoms with Gasteiger partial charge in [-0.05, 0) is 5.41 Å². The van der Waals surface area contributed by atoms with Crippen molar-refractivity contribution in [2.75, 3.05) is 0 Å². The molecule has 0 aliphatic heterocycles. The summed E-state index contributed by atoms with van der Waals surface area (Å²) >= 11 is 6.73. The third kappa shape index (κ3) is 2.01. The number of hydrogen-bond acceptors (Lipinski definition) is 2. The second-order valence-corrected chi connectivity index (χ2v) is 7.39. The summed E-state index contributed by atoms with van der Waals surface area (Å²) in [7, 11) is 0. The first-order chi connectivity index (χ1) is 9.74. The summed E-state index contributed by atoms with van der Waals surface area (Å²) in [5.74, 6) is -0.150. The molecular formula is C18H17ClO2. The summed E-state index contributed by atoms with van der Waals surface area (Å²) in [5, 5.41) is 0. The Balaban J connectivity index is 2.12. The van der Waals surface area contributed by atoms with Crippen molar-refractivity contribution in [1.82, 2.24) is 0 Å². The first-order valence-electron chi connectivity index (χ1n) is 7.04. The lowest BCUT2D eigenvalue weighted by Gasteiger charge is -2.40. The molecule has 2 nitrogen and oxygen atoms in total. The van der Waals surface area contributed by atoms with Crippen LogP contribution in [-0.2, 0) is 0 Å². The Morgan fingerprint density at radius 3 is 2.19 bits per heavy atom. The Morgan fingerprint density at radius 1 is 1.05 bits per heavy atom. The number of ketones is 2. The summed E-state index contributed by atoms with van der Waals surface area (Å²) in [4.78, 5) is 24.6. The Bertz CT molecular complexity index is 719. The first-order valence-corrected chi connectivity index (χ1v) is 7.42. The van der Waals surface area contributed by atoms with Crippen LogP contribution < -0.4 is 0 Å². The van der Waals surface area contributed by atoms with E-state index in [9.17, 15) is 9.59 Å². The zero-order valence-corrected chi connectivity index (χ0v) is 13.1. The van der Waals surface area contributed by atoms with Crippen LogP contribution in [0.5, 0.6) is 0 Å². The van der Waals surface area contributed by atoms with Crippen molar-refractivity contribution >= 4 is 23.2 Å². The molecule has 3 rings (SSSR count). The van der Waals surface area contributed by atoms with Crippen molar-refractivity contribution in [3.8, 4) is 0 Å². The number of allylic oxidation sites excluding steroid dienone is 4. The highest BCUT2D eigenvalue weighted by atomic mass is 35.5. The van der Waals surface area contributed by atoms with Crippen LogP contribution in [0.1, 0.15) is 47.9 Å². The molecule has 108 valence electrons. The first kappa shape index (κ1) is 14.3. The topological polar surface area (TPSA) is 34.1 Å². The van der Waals surface area contributed by atoms with Gasteiger partial charge in [0, 0.05) is 28.7 Å². The van der Waals surface area contributed by atoms with E-state index in [1.165, 1.54) is 0 Å². The Kier molecular flexibility index (Phi) is 3.00. The van der Waals surface area contributed by atoms with Crippen molar-refractivity contribution in [2.24, 2.45) is 5.41 Å². The van der Waals surface area contributed by atoms with Crippen LogP contribution in [-0.4, -0.2) is 16.4 Å². The molecule has 0 aromatic heterocycles. The number of halogens is 1. The summed E-state index contributed by atoms with van der Waals surface area (Å²) < 4.78 is 0. The smallest absolute Gasteiger partial charge is 0.194 e. The quantitative estimate of drug-likeness (QED) is 0.668. The number of hydrogen-bond donors (Lipinski definition) is 0. The molecule has 21 heavy (non-hydrogen) atoms. The average molecular weight is 301 g/mol. The second kappa shape index (κ2) is 4.41. The highest BCUT2D eigenvalue weighted by molar-refractivity contribution is 6.31. The molecular weight excluding hydrogens is 284 g/mol. The standard InChI is InChI=1S/C18H17ClO2/c1-17(2,3)18(19)9-8-13-14(10-18)16(21)12-7-5-4-6-11(12)15(13)20/h4-9H,10H2,1-3H3. The van der Waals surface area contributed by atoms with Gasteiger partial charge in [-0.2, -0.15) is 0 Å². The van der Waals surface area contributed by atoms with Gasteiger partial charge in [-0.25, -0.2) is 0 Å². The van der Waals surface area contributed by atoms with Gasteiger partial charge in [0.2, 0.25) is 0 Å². The molecule has 2 aliphatic rings. The lowest BCUT2D eigenvalue weighted by atomic mass is 9.69. The maximum absolute atomic E-state index is 12.7. The summed E-state index contributed by atoms with van der Waals surface area (Å²) in [6.45, 7) is 6.12. The van der Waals surface area contributed by atoms with Crippen molar-refractivity contribution in [3.63, 3.8) is 0 Å². The van der Waals surface area contributed by atoms with Gasteiger partial charge in [0.15, 0.2) is 11.6 Å². The SMILES string of the molecule is CC(C)(C)C1(Cl)C=CC2=C(C1)C(=O)c1ccccc1C2=O. The zero-order chi connectivity index (χ0) is 15.4. The van der Waals surface area contributed by atoms with Gasteiger partial charge in [0.1, 0.15) is 0 Å². The predicted octanol–water partition coefficient (Wildman–Crippen LogP) is 4.35. The van der Waals surface area contributed by atoms with Gasteiger partial charge < -0.3 is 0 Å². The summed E-state index contributed by atoms with van der Waals surface area (Å²) in [6.07, 6.45) is 3.99. The molecule has 0 radical (unpaired) electrons. The van der Waals surface area contributed by atoms with Crippen LogP contribution in [0.3, 0.4) is 0 Å². The molecule has 1 aromatic carbocycles. The molecule has 1 atom stereocenters. The van der Waals surface area contributed by atoms with E-state index in [0.29, 0.717) is 28.7 Å². The number of rotatable bonds is 0. The van der Waals surface area contributed by atoms with Gasteiger partial charge in [-0.15, -0.1) is 11.6 Å². The van der Waals surface area contributed by atoms with Crippen molar-refractivity contribution in [2.45, 2.75) is 32.1 Å². The molecule has 0 N–H and O–H groups in total. The molecule has 3 heteroatoms. The molecule has 2 aliphatic carbocycles. The Labute approximate surface area is 129 Å². The minimum Gasteiger partial charge on any atom is -0.289 e. The van der Waals surface area contributed by atoms with E-state index >= 15 is 0 Å². The zero-order valence-electron chi connectivity index (χ0n) is 12.4. The normalized spacial score (nSPS) is 25.0. The number of benzene rings is 1. The number of carbonyl (C=O) groups is 2. The van der Waals surface area contributed by atoms with E-state index in [1.807, 2.05) is 26.8 Å². The molecule has 1 unspecified atom stereocenters. The van der Waals surface area contributed by atoms with Crippen LogP contribution >= 0.6 is 11.6 Å². The number of carbonyl (C=O) groups excluding carboxylic acids is 2. The number of Topliss-reactive ketones (excluding diaryl/α,β-unsaturated/α-hetero) is 2. The van der Waals surface area contributed by atoms with Crippen LogP contribution in [0.2, 0.25) is 0 Å². The van der Waals surface area contributed by atoms with Gasteiger partial charge >= 0.3 is 0 Å². The predicted molar refractivity (Wildman–Crippen MR) is 83.9 cm³/mol. The van der Waals surface area contributed by atoms with E-state index in [4.69, 9.17) is 11.6 Å². The lowest BCUT2D eigenvalue weighted by Crippen LogP contribution is -2.40. The number of fused-ring (bicyclic) bond motifs is 1.